The molecular formula is C13H13ClINO4. The lowest BCUT2D eigenvalue weighted by Gasteiger charge is -2.29. The number of hydrogen-bond acceptors (Lipinski definition) is 3. The van der Waals surface area contributed by atoms with Gasteiger partial charge in [-0.05, 0) is 52.8 Å². The van der Waals surface area contributed by atoms with E-state index in [1.807, 2.05) is 19.1 Å². The number of ether oxygens (including phenoxy) is 1. The van der Waals surface area contributed by atoms with Crippen LogP contribution in [-0.4, -0.2) is 41.3 Å². The lowest BCUT2D eigenvalue weighted by atomic mass is 10.0. The summed E-state index contributed by atoms with van der Waals surface area (Å²) in [7, 11) is 0. The largest absolute Gasteiger partial charge is 0.465 e. The highest BCUT2D eigenvalue weighted by Crippen LogP contribution is 2.25. The minimum Gasteiger partial charge on any atom is -0.465 e. The van der Waals surface area contributed by atoms with E-state index in [2.05, 4.69) is 22.6 Å². The first kappa shape index (κ1) is 15.5. The number of carboxylic acid groups (broad SMARTS) is 1. The van der Waals surface area contributed by atoms with E-state index >= 15 is 0 Å². The molecule has 1 aromatic rings. The minimum atomic E-state index is -1.23. The van der Waals surface area contributed by atoms with Gasteiger partial charge in [0.2, 0.25) is 0 Å². The molecule has 0 saturated carbocycles. The van der Waals surface area contributed by atoms with Gasteiger partial charge in [0.05, 0.1) is 13.2 Å². The third-order valence-corrected chi connectivity index (χ3v) is 4.36. The normalized spacial score (nSPS) is 19.2. The molecule has 0 radical (unpaired) electrons. The van der Waals surface area contributed by atoms with Gasteiger partial charge in [0.1, 0.15) is 6.10 Å². The first-order valence-electron chi connectivity index (χ1n) is 6.00. The van der Waals surface area contributed by atoms with Gasteiger partial charge < -0.3 is 9.84 Å². The number of nitrogens with zero attached hydrogens (tertiary/aromatic N) is 1. The maximum Gasteiger partial charge on any atom is 0.414 e. The fraction of sp³-hybridized carbons (Fsp3) is 0.385. The number of benzene rings is 1. The summed E-state index contributed by atoms with van der Waals surface area (Å²) in [6.45, 7) is 2.22. The van der Waals surface area contributed by atoms with Crippen LogP contribution in [0.1, 0.15) is 11.1 Å². The molecular weight excluding hydrogens is 397 g/mol. The molecule has 1 atom stereocenters. The Balaban J connectivity index is 2.22. The van der Waals surface area contributed by atoms with Gasteiger partial charge in [0.25, 0.3) is 5.91 Å². The van der Waals surface area contributed by atoms with Crippen molar-refractivity contribution in [2.45, 2.75) is 19.4 Å². The van der Waals surface area contributed by atoms with Crippen molar-refractivity contribution < 1.29 is 19.4 Å². The van der Waals surface area contributed by atoms with Crippen molar-refractivity contribution in [1.29, 1.82) is 0 Å². The molecule has 1 aliphatic rings. The molecule has 2 rings (SSSR count). The lowest BCUT2D eigenvalue weighted by Crippen LogP contribution is -2.50. The Kier molecular flexibility index (Phi) is 4.87. The molecule has 7 heteroatoms. The highest BCUT2D eigenvalue weighted by atomic mass is 127. The number of carbonyl (C=O) groups excluding carboxylic acids is 1. The molecule has 0 spiro atoms. The van der Waals surface area contributed by atoms with Crippen LogP contribution in [-0.2, 0) is 16.0 Å². The Morgan fingerprint density at radius 1 is 1.60 bits per heavy atom. The van der Waals surface area contributed by atoms with Gasteiger partial charge in [-0.25, -0.2) is 9.69 Å². The molecule has 1 N–H and O–H groups in total. The standard InChI is InChI=1S/C13H13ClINO4/c1-7-4-8(14)5-10(15)9(7)6-11-12(17)16(13(18)19)2-3-20-11/h4-5,11H,2-3,6H2,1H3,(H,18,19). The molecule has 20 heavy (non-hydrogen) atoms. The van der Waals surface area contributed by atoms with Gasteiger partial charge in [0.15, 0.2) is 0 Å². The molecule has 1 saturated heterocycles. The van der Waals surface area contributed by atoms with Crippen molar-refractivity contribution in [3.8, 4) is 0 Å². The Morgan fingerprint density at radius 2 is 2.30 bits per heavy atom. The van der Waals surface area contributed by atoms with Crippen LogP contribution < -0.4 is 0 Å². The van der Waals surface area contributed by atoms with E-state index in [-0.39, 0.29) is 13.2 Å². The van der Waals surface area contributed by atoms with Crippen LogP contribution in [0.2, 0.25) is 5.02 Å². The van der Waals surface area contributed by atoms with Crippen LogP contribution >= 0.6 is 34.2 Å². The lowest BCUT2D eigenvalue weighted by molar-refractivity contribution is -0.149. The summed E-state index contributed by atoms with van der Waals surface area (Å²) >= 11 is 8.12. The number of rotatable bonds is 2. The van der Waals surface area contributed by atoms with E-state index in [4.69, 9.17) is 21.4 Å². The van der Waals surface area contributed by atoms with Crippen molar-refractivity contribution in [2.24, 2.45) is 0 Å². The van der Waals surface area contributed by atoms with Gasteiger partial charge >= 0.3 is 6.09 Å². The van der Waals surface area contributed by atoms with Crippen LogP contribution in [0, 0.1) is 10.5 Å². The molecule has 0 aromatic heterocycles. The average molecular weight is 410 g/mol. The molecule has 0 aliphatic carbocycles. The van der Waals surface area contributed by atoms with Gasteiger partial charge in [0, 0.05) is 15.0 Å². The van der Waals surface area contributed by atoms with Crippen molar-refractivity contribution in [3.05, 3.63) is 31.9 Å². The molecule has 0 bridgehead atoms. The summed E-state index contributed by atoms with van der Waals surface area (Å²) < 4.78 is 6.37. The molecule has 1 unspecified atom stereocenters. The zero-order valence-electron chi connectivity index (χ0n) is 10.7. The van der Waals surface area contributed by atoms with Crippen molar-refractivity contribution in [3.63, 3.8) is 0 Å². The topological polar surface area (TPSA) is 66.8 Å². The zero-order chi connectivity index (χ0) is 14.9. The summed E-state index contributed by atoms with van der Waals surface area (Å²) in [6.07, 6.45) is -1.64. The zero-order valence-corrected chi connectivity index (χ0v) is 13.6. The second-order valence-corrected chi connectivity index (χ2v) is 6.12. The smallest absolute Gasteiger partial charge is 0.414 e. The van der Waals surface area contributed by atoms with E-state index in [1.54, 1.807) is 0 Å². The first-order chi connectivity index (χ1) is 9.40. The number of hydrogen-bond donors (Lipinski definition) is 1. The summed E-state index contributed by atoms with van der Waals surface area (Å²) in [4.78, 5) is 23.8. The fourth-order valence-corrected chi connectivity index (χ4v) is 3.59. The maximum absolute atomic E-state index is 12.1. The highest BCUT2D eigenvalue weighted by molar-refractivity contribution is 14.1. The molecule has 108 valence electrons. The van der Waals surface area contributed by atoms with E-state index in [1.165, 1.54) is 0 Å². The summed E-state index contributed by atoms with van der Waals surface area (Å²) in [6, 6.07) is 3.63. The van der Waals surface area contributed by atoms with Gasteiger partial charge in [-0.2, -0.15) is 0 Å². The molecule has 2 amide bonds. The molecule has 1 aliphatic heterocycles. The van der Waals surface area contributed by atoms with Crippen molar-refractivity contribution in [2.75, 3.05) is 13.2 Å². The highest BCUT2D eigenvalue weighted by Gasteiger charge is 2.34. The van der Waals surface area contributed by atoms with E-state index in [9.17, 15) is 9.59 Å². The Hall–Kier alpha value is -0.860. The summed E-state index contributed by atoms with van der Waals surface area (Å²) in [5, 5.41) is 9.61. The Labute approximate surface area is 135 Å². The monoisotopic (exact) mass is 409 g/mol. The quantitative estimate of drug-likeness (QED) is 0.763. The number of morpholine rings is 1. The Bertz CT molecular complexity index is 540. The van der Waals surface area contributed by atoms with Crippen LogP contribution in [0.25, 0.3) is 0 Å². The molecule has 1 fully saturated rings. The van der Waals surface area contributed by atoms with Gasteiger partial charge in [-0.1, -0.05) is 11.6 Å². The maximum atomic E-state index is 12.1. The first-order valence-corrected chi connectivity index (χ1v) is 7.46. The summed E-state index contributed by atoms with van der Waals surface area (Å²) in [5.41, 5.74) is 1.92. The van der Waals surface area contributed by atoms with Crippen LogP contribution in [0.3, 0.4) is 0 Å². The predicted octanol–water partition coefficient (Wildman–Crippen LogP) is 2.70. The fourth-order valence-electron chi connectivity index (χ4n) is 2.15. The number of amides is 2. The third-order valence-electron chi connectivity index (χ3n) is 3.18. The molecule has 5 nitrogen and oxygen atoms in total. The van der Waals surface area contributed by atoms with E-state index in [0.29, 0.717) is 11.4 Å². The molecule has 1 aromatic carbocycles. The predicted molar refractivity (Wildman–Crippen MR) is 82.1 cm³/mol. The molecule has 1 heterocycles. The number of halogens is 2. The SMILES string of the molecule is Cc1cc(Cl)cc(I)c1CC1OCCN(C(=O)O)C1=O. The van der Waals surface area contributed by atoms with Crippen molar-refractivity contribution >= 4 is 46.2 Å². The van der Waals surface area contributed by atoms with E-state index < -0.39 is 18.1 Å². The number of carbonyl (C=O) groups is 2. The van der Waals surface area contributed by atoms with Gasteiger partial charge in [-0.15, -0.1) is 0 Å². The average Bonchev–Trinajstić information content (AvgIpc) is 2.35. The third kappa shape index (κ3) is 3.24. The number of imide groups is 1. The van der Waals surface area contributed by atoms with E-state index in [0.717, 1.165) is 19.6 Å². The van der Waals surface area contributed by atoms with Crippen LogP contribution in [0.15, 0.2) is 12.1 Å². The van der Waals surface area contributed by atoms with Crippen LogP contribution in [0.4, 0.5) is 4.79 Å². The van der Waals surface area contributed by atoms with Crippen molar-refractivity contribution in [1.82, 2.24) is 4.90 Å². The second kappa shape index (κ2) is 6.28. The Morgan fingerprint density at radius 3 is 2.90 bits per heavy atom. The van der Waals surface area contributed by atoms with Gasteiger partial charge in [-0.3, -0.25) is 4.79 Å². The second-order valence-electron chi connectivity index (χ2n) is 4.52. The summed E-state index contributed by atoms with van der Waals surface area (Å²) in [5.74, 6) is -0.506. The minimum absolute atomic E-state index is 0.0847. The van der Waals surface area contributed by atoms with Crippen LogP contribution in [0.5, 0.6) is 0 Å². The number of aryl methyl sites for hydroxylation is 1.